The monoisotopic (exact) mass is 455 g/mol. The lowest BCUT2D eigenvalue weighted by Crippen LogP contribution is -2.21. The number of carbonyl (C=O) groups is 1. The average molecular weight is 456 g/mol. The van der Waals surface area contributed by atoms with E-state index >= 15 is 0 Å². The summed E-state index contributed by atoms with van der Waals surface area (Å²) in [6.07, 6.45) is 11.5. The highest BCUT2D eigenvalue weighted by Gasteiger charge is 2.26. The summed E-state index contributed by atoms with van der Waals surface area (Å²) >= 11 is 0. The highest BCUT2D eigenvalue weighted by molar-refractivity contribution is 5.97. The van der Waals surface area contributed by atoms with Gasteiger partial charge in [-0.05, 0) is 36.6 Å². The molecule has 1 amide bonds. The van der Waals surface area contributed by atoms with Gasteiger partial charge in [0, 0.05) is 37.2 Å². The summed E-state index contributed by atoms with van der Waals surface area (Å²) in [4.78, 5) is 19.2. The van der Waals surface area contributed by atoms with Crippen LogP contribution in [0.3, 0.4) is 0 Å². The second-order valence-corrected chi connectivity index (χ2v) is 9.75. The molecular formula is C29H33N3O2. The Labute approximate surface area is 201 Å². The van der Waals surface area contributed by atoms with Crippen molar-refractivity contribution in [2.45, 2.75) is 51.4 Å². The van der Waals surface area contributed by atoms with Crippen LogP contribution in [0.5, 0.6) is 0 Å². The van der Waals surface area contributed by atoms with Gasteiger partial charge in [0.15, 0.2) is 0 Å². The lowest BCUT2D eigenvalue weighted by atomic mass is 9.94. The first-order chi connectivity index (χ1) is 16.5. The molecule has 2 unspecified atom stereocenters. The van der Waals surface area contributed by atoms with Gasteiger partial charge in [-0.15, -0.1) is 0 Å². The molecule has 1 aromatic heterocycles. The van der Waals surface area contributed by atoms with Gasteiger partial charge in [-0.1, -0.05) is 68.3 Å². The van der Waals surface area contributed by atoms with Gasteiger partial charge in [-0.25, -0.2) is 4.98 Å². The van der Waals surface area contributed by atoms with Gasteiger partial charge in [0.1, 0.15) is 5.82 Å². The first-order valence-electron chi connectivity index (χ1n) is 12.3. The summed E-state index contributed by atoms with van der Waals surface area (Å²) in [5.41, 5.74) is 5.00. The van der Waals surface area contributed by atoms with Crippen LogP contribution in [-0.4, -0.2) is 40.6 Å². The number of amides is 1. The summed E-state index contributed by atoms with van der Waals surface area (Å²) in [6, 6.07) is 16.7. The Kier molecular flexibility index (Phi) is 6.38. The van der Waals surface area contributed by atoms with Crippen molar-refractivity contribution in [2.24, 2.45) is 5.92 Å². The topological polar surface area (TPSA) is 47.4 Å². The van der Waals surface area contributed by atoms with Gasteiger partial charge in [0.25, 0.3) is 5.91 Å². The van der Waals surface area contributed by atoms with E-state index in [1.165, 1.54) is 31.2 Å². The Morgan fingerprint density at radius 1 is 1.12 bits per heavy atom. The number of ether oxygens (including phenoxy) is 1. The summed E-state index contributed by atoms with van der Waals surface area (Å²) in [7, 11) is 3.56. The zero-order chi connectivity index (χ0) is 23.7. The molecule has 34 heavy (non-hydrogen) atoms. The Hall–Kier alpha value is -3.18. The molecule has 0 bridgehead atoms. The van der Waals surface area contributed by atoms with E-state index in [4.69, 9.17) is 9.72 Å². The van der Waals surface area contributed by atoms with E-state index < -0.39 is 0 Å². The van der Waals surface area contributed by atoms with Crippen molar-refractivity contribution in [2.75, 3.05) is 14.1 Å². The number of hydrogen-bond donors (Lipinski definition) is 0. The lowest BCUT2D eigenvalue weighted by molar-refractivity contribution is 0.0495. The minimum absolute atomic E-state index is 0.00248. The third-order valence-electron chi connectivity index (χ3n) is 7.00. The molecule has 0 radical (unpaired) electrons. The predicted octanol–water partition coefficient (Wildman–Crippen LogP) is 6.03. The van der Waals surface area contributed by atoms with Crippen molar-refractivity contribution in [3.8, 4) is 0 Å². The molecular weight excluding hydrogens is 422 g/mol. The molecule has 0 spiro atoms. The quantitative estimate of drug-likeness (QED) is 0.456. The Morgan fingerprint density at radius 2 is 1.88 bits per heavy atom. The van der Waals surface area contributed by atoms with E-state index in [-0.39, 0.29) is 17.9 Å². The normalized spacial score (nSPS) is 20.6. The maximum absolute atomic E-state index is 12.5. The number of fused-ring (bicyclic) bond motifs is 1. The predicted molar refractivity (Wildman–Crippen MR) is 137 cm³/mol. The molecule has 0 saturated heterocycles. The second kappa shape index (κ2) is 9.59. The first-order valence-corrected chi connectivity index (χ1v) is 12.3. The van der Waals surface area contributed by atoms with Crippen LogP contribution in [-0.2, 0) is 11.3 Å². The minimum Gasteiger partial charge on any atom is -0.369 e. The molecule has 176 valence electrons. The fourth-order valence-corrected chi connectivity index (χ4v) is 5.16. The number of imidazole rings is 1. The SMILES string of the molecule is CC1C=C(c2nc3cc(C(=O)N(C)C)ccc3n2C2CCCC2)C=CC1OCc1ccccc1. The largest absolute Gasteiger partial charge is 0.369 e. The smallest absolute Gasteiger partial charge is 0.253 e. The van der Waals surface area contributed by atoms with E-state index in [9.17, 15) is 4.79 Å². The molecule has 1 saturated carbocycles. The summed E-state index contributed by atoms with van der Waals surface area (Å²) in [6.45, 7) is 2.81. The van der Waals surface area contributed by atoms with Gasteiger partial charge < -0.3 is 14.2 Å². The van der Waals surface area contributed by atoms with Crippen LogP contribution in [0.2, 0.25) is 0 Å². The van der Waals surface area contributed by atoms with Crippen LogP contribution in [0.15, 0.2) is 66.8 Å². The lowest BCUT2D eigenvalue weighted by Gasteiger charge is -2.24. The molecule has 2 aromatic carbocycles. The number of aromatic nitrogens is 2. The number of rotatable bonds is 6. The van der Waals surface area contributed by atoms with E-state index in [1.54, 1.807) is 19.0 Å². The molecule has 2 aliphatic carbocycles. The molecule has 3 aromatic rings. The molecule has 5 rings (SSSR count). The minimum atomic E-state index is 0.00248. The summed E-state index contributed by atoms with van der Waals surface area (Å²) < 4.78 is 8.64. The molecule has 5 heteroatoms. The standard InChI is InChI=1S/C29H33N3O2/c1-20-17-22(14-16-27(20)34-19-21-9-5-4-6-10-21)28-30-25-18-23(29(33)31(2)3)13-15-26(25)32(28)24-11-7-8-12-24/h4-6,9-10,13-18,20,24,27H,7-8,11-12,19H2,1-3H3. The maximum Gasteiger partial charge on any atom is 0.253 e. The van der Waals surface area contributed by atoms with E-state index in [1.807, 2.05) is 30.3 Å². The van der Waals surface area contributed by atoms with Crippen LogP contribution in [0.25, 0.3) is 16.6 Å². The van der Waals surface area contributed by atoms with Gasteiger partial charge in [-0.2, -0.15) is 0 Å². The zero-order valence-electron chi connectivity index (χ0n) is 20.3. The Bertz CT molecular complexity index is 1230. The molecule has 1 fully saturated rings. The van der Waals surface area contributed by atoms with Crippen molar-refractivity contribution < 1.29 is 9.53 Å². The Morgan fingerprint density at radius 3 is 2.59 bits per heavy atom. The molecule has 2 aliphatic rings. The highest BCUT2D eigenvalue weighted by Crippen LogP contribution is 2.37. The van der Waals surface area contributed by atoms with E-state index in [0.29, 0.717) is 18.2 Å². The zero-order valence-corrected chi connectivity index (χ0v) is 20.3. The number of carbonyl (C=O) groups excluding carboxylic acids is 1. The average Bonchev–Trinajstić information content (AvgIpc) is 3.50. The highest BCUT2D eigenvalue weighted by atomic mass is 16.5. The number of benzene rings is 2. The van der Waals surface area contributed by atoms with Crippen molar-refractivity contribution in [3.05, 3.63) is 83.7 Å². The molecule has 5 nitrogen and oxygen atoms in total. The first kappa shape index (κ1) is 22.6. The van der Waals surface area contributed by atoms with Crippen molar-refractivity contribution in [1.82, 2.24) is 14.5 Å². The van der Waals surface area contributed by atoms with E-state index in [0.717, 1.165) is 22.4 Å². The van der Waals surface area contributed by atoms with Gasteiger partial charge in [-0.3, -0.25) is 4.79 Å². The Balaban J connectivity index is 1.45. The summed E-state index contributed by atoms with van der Waals surface area (Å²) in [5, 5.41) is 0. The van der Waals surface area contributed by atoms with Crippen LogP contribution in [0, 0.1) is 5.92 Å². The van der Waals surface area contributed by atoms with E-state index in [2.05, 4.69) is 47.9 Å². The number of nitrogens with zero attached hydrogens (tertiary/aromatic N) is 3. The maximum atomic E-state index is 12.5. The number of allylic oxidation sites excluding steroid dienone is 2. The number of hydrogen-bond acceptors (Lipinski definition) is 3. The summed E-state index contributed by atoms with van der Waals surface area (Å²) in [5.74, 6) is 1.25. The second-order valence-electron chi connectivity index (χ2n) is 9.75. The van der Waals surface area contributed by atoms with Gasteiger partial charge in [0.2, 0.25) is 0 Å². The van der Waals surface area contributed by atoms with Crippen LogP contribution >= 0.6 is 0 Å². The molecule has 2 atom stereocenters. The molecule has 1 heterocycles. The van der Waals surface area contributed by atoms with Crippen molar-refractivity contribution >= 4 is 22.5 Å². The third kappa shape index (κ3) is 4.45. The van der Waals surface area contributed by atoms with Crippen LogP contribution in [0.1, 0.15) is 60.4 Å². The van der Waals surface area contributed by atoms with Gasteiger partial charge in [0.05, 0.1) is 23.7 Å². The van der Waals surface area contributed by atoms with Crippen molar-refractivity contribution in [3.63, 3.8) is 0 Å². The third-order valence-corrected chi connectivity index (χ3v) is 7.00. The molecule has 0 N–H and O–H groups in total. The van der Waals surface area contributed by atoms with Crippen LogP contribution < -0.4 is 0 Å². The fraction of sp³-hybridized carbons (Fsp3) is 0.379. The van der Waals surface area contributed by atoms with Crippen LogP contribution in [0.4, 0.5) is 0 Å². The van der Waals surface area contributed by atoms with Gasteiger partial charge >= 0.3 is 0 Å². The fourth-order valence-electron chi connectivity index (χ4n) is 5.16. The molecule has 0 aliphatic heterocycles. The van der Waals surface area contributed by atoms with Crippen molar-refractivity contribution in [1.29, 1.82) is 0 Å².